The third kappa shape index (κ3) is 8.49. The molecule has 1 heterocycles. The third-order valence-corrected chi connectivity index (χ3v) is 4.11. The SMILES string of the molecule is CN=C(NCCC(F)(F)F)NCc1ccccc1OCCN1CCOCC1. The quantitative estimate of drug-likeness (QED) is 0.527. The summed E-state index contributed by atoms with van der Waals surface area (Å²) in [5.41, 5.74) is 0.915. The van der Waals surface area contributed by atoms with E-state index in [-0.39, 0.29) is 6.54 Å². The number of rotatable bonds is 8. The standard InChI is InChI=1S/C18H27F3N4O2/c1-22-17(23-7-6-18(19,20)21)24-14-15-4-2-3-5-16(15)27-13-10-25-8-11-26-12-9-25/h2-5H,6-14H2,1H3,(H2,22,23,24). The van der Waals surface area contributed by atoms with Crippen molar-refractivity contribution in [3.63, 3.8) is 0 Å². The number of ether oxygens (including phenoxy) is 2. The molecule has 0 aromatic heterocycles. The van der Waals surface area contributed by atoms with E-state index in [0.717, 1.165) is 44.2 Å². The summed E-state index contributed by atoms with van der Waals surface area (Å²) in [6.07, 6.45) is -5.10. The Labute approximate surface area is 157 Å². The Balaban J connectivity index is 1.78. The van der Waals surface area contributed by atoms with Crippen LogP contribution in [0.4, 0.5) is 13.2 Å². The molecule has 1 aliphatic rings. The Hall–Kier alpha value is -2.00. The number of nitrogens with zero attached hydrogens (tertiary/aromatic N) is 2. The summed E-state index contributed by atoms with van der Waals surface area (Å²) in [6, 6.07) is 7.59. The van der Waals surface area contributed by atoms with Crippen LogP contribution < -0.4 is 15.4 Å². The highest BCUT2D eigenvalue weighted by atomic mass is 19.4. The van der Waals surface area contributed by atoms with Crippen LogP contribution in [0.1, 0.15) is 12.0 Å². The van der Waals surface area contributed by atoms with Crippen molar-refractivity contribution in [2.24, 2.45) is 4.99 Å². The molecule has 0 radical (unpaired) electrons. The summed E-state index contributed by atoms with van der Waals surface area (Å²) < 4.78 is 47.9. The number of hydrogen-bond acceptors (Lipinski definition) is 4. The molecule has 2 rings (SSSR count). The van der Waals surface area contributed by atoms with Gasteiger partial charge in [0.15, 0.2) is 5.96 Å². The molecule has 6 nitrogen and oxygen atoms in total. The van der Waals surface area contributed by atoms with Gasteiger partial charge in [-0.15, -0.1) is 0 Å². The van der Waals surface area contributed by atoms with Gasteiger partial charge in [0.2, 0.25) is 0 Å². The monoisotopic (exact) mass is 388 g/mol. The summed E-state index contributed by atoms with van der Waals surface area (Å²) in [5, 5.41) is 5.68. The number of guanidine groups is 1. The van der Waals surface area contributed by atoms with E-state index in [9.17, 15) is 13.2 Å². The van der Waals surface area contributed by atoms with Crippen LogP contribution in [-0.2, 0) is 11.3 Å². The molecule has 0 unspecified atom stereocenters. The van der Waals surface area contributed by atoms with Gasteiger partial charge >= 0.3 is 6.18 Å². The van der Waals surface area contributed by atoms with Crippen LogP contribution in [0, 0.1) is 0 Å². The number of morpholine rings is 1. The summed E-state index contributed by atoms with van der Waals surface area (Å²) in [5.74, 6) is 1.08. The number of alkyl halides is 3. The number of para-hydroxylation sites is 1. The molecule has 0 bridgehead atoms. The van der Waals surface area contributed by atoms with Crippen LogP contribution in [-0.4, -0.2) is 70.1 Å². The second-order valence-corrected chi connectivity index (χ2v) is 6.13. The van der Waals surface area contributed by atoms with Crippen molar-refractivity contribution >= 4 is 5.96 Å². The predicted octanol–water partition coefficient (Wildman–Crippen LogP) is 2.01. The van der Waals surface area contributed by atoms with Gasteiger partial charge < -0.3 is 20.1 Å². The van der Waals surface area contributed by atoms with Gasteiger partial charge in [0.05, 0.1) is 19.6 Å². The zero-order chi connectivity index (χ0) is 19.5. The largest absolute Gasteiger partial charge is 0.492 e. The van der Waals surface area contributed by atoms with Gasteiger partial charge in [-0.2, -0.15) is 13.2 Å². The maximum atomic E-state index is 12.2. The smallest absolute Gasteiger partial charge is 0.390 e. The van der Waals surface area contributed by atoms with Crippen LogP contribution in [0.15, 0.2) is 29.3 Å². The minimum atomic E-state index is -4.19. The fraction of sp³-hybridized carbons (Fsp3) is 0.611. The van der Waals surface area contributed by atoms with E-state index in [0.29, 0.717) is 19.1 Å². The molecule has 1 aliphatic heterocycles. The highest BCUT2D eigenvalue weighted by Gasteiger charge is 2.26. The molecule has 0 saturated carbocycles. The Bertz CT molecular complexity index is 590. The molecule has 0 aliphatic carbocycles. The van der Waals surface area contributed by atoms with E-state index < -0.39 is 12.6 Å². The summed E-state index contributed by atoms with van der Waals surface area (Å²) in [4.78, 5) is 6.23. The zero-order valence-corrected chi connectivity index (χ0v) is 15.5. The number of nitrogens with one attached hydrogen (secondary N) is 2. The Morgan fingerprint density at radius 2 is 1.96 bits per heavy atom. The molecule has 0 atom stereocenters. The van der Waals surface area contributed by atoms with Gasteiger partial charge in [0, 0.05) is 45.3 Å². The third-order valence-electron chi connectivity index (χ3n) is 4.11. The maximum Gasteiger partial charge on any atom is 0.390 e. The lowest BCUT2D eigenvalue weighted by Gasteiger charge is -2.26. The van der Waals surface area contributed by atoms with Crippen molar-refractivity contribution in [3.8, 4) is 5.75 Å². The van der Waals surface area contributed by atoms with Gasteiger partial charge in [0.25, 0.3) is 0 Å². The Morgan fingerprint density at radius 1 is 1.22 bits per heavy atom. The van der Waals surface area contributed by atoms with Crippen LogP contribution in [0.2, 0.25) is 0 Å². The predicted molar refractivity (Wildman–Crippen MR) is 98.1 cm³/mol. The summed E-state index contributed by atoms with van der Waals surface area (Å²) in [6.45, 7) is 4.89. The van der Waals surface area contributed by atoms with Crippen molar-refractivity contribution in [2.75, 3.05) is 53.0 Å². The second kappa shape index (κ2) is 11.0. The van der Waals surface area contributed by atoms with Crippen LogP contribution in [0.25, 0.3) is 0 Å². The molecule has 0 amide bonds. The lowest BCUT2D eigenvalue weighted by molar-refractivity contribution is -0.132. The lowest BCUT2D eigenvalue weighted by Crippen LogP contribution is -2.39. The van der Waals surface area contributed by atoms with E-state index in [2.05, 4.69) is 20.5 Å². The average molecular weight is 388 g/mol. The fourth-order valence-corrected chi connectivity index (χ4v) is 2.62. The highest BCUT2D eigenvalue weighted by Crippen LogP contribution is 2.19. The average Bonchev–Trinajstić information content (AvgIpc) is 2.65. The Kier molecular flexibility index (Phi) is 8.66. The van der Waals surface area contributed by atoms with Gasteiger partial charge in [-0.3, -0.25) is 9.89 Å². The van der Waals surface area contributed by atoms with E-state index in [1.165, 1.54) is 7.05 Å². The summed E-state index contributed by atoms with van der Waals surface area (Å²) in [7, 11) is 1.52. The fourth-order valence-electron chi connectivity index (χ4n) is 2.62. The topological polar surface area (TPSA) is 58.1 Å². The first-order valence-corrected chi connectivity index (χ1v) is 9.00. The molecule has 2 N–H and O–H groups in total. The van der Waals surface area contributed by atoms with Crippen molar-refractivity contribution in [1.82, 2.24) is 15.5 Å². The first-order valence-electron chi connectivity index (χ1n) is 9.00. The first-order chi connectivity index (χ1) is 13.0. The van der Waals surface area contributed by atoms with Crippen molar-refractivity contribution in [1.29, 1.82) is 0 Å². The van der Waals surface area contributed by atoms with Gasteiger partial charge in [-0.1, -0.05) is 18.2 Å². The summed E-state index contributed by atoms with van der Waals surface area (Å²) >= 11 is 0. The molecule has 9 heteroatoms. The lowest BCUT2D eigenvalue weighted by atomic mass is 10.2. The van der Waals surface area contributed by atoms with Crippen molar-refractivity contribution in [3.05, 3.63) is 29.8 Å². The van der Waals surface area contributed by atoms with E-state index in [4.69, 9.17) is 9.47 Å². The molecule has 1 saturated heterocycles. The molecule has 1 fully saturated rings. The number of aliphatic imine (C=N–C) groups is 1. The Morgan fingerprint density at radius 3 is 2.67 bits per heavy atom. The van der Waals surface area contributed by atoms with Gasteiger partial charge in [0.1, 0.15) is 12.4 Å². The number of benzene rings is 1. The van der Waals surface area contributed by atoms with E-state index >= 15 is 0 Å². The molecule has 0 spiro atoms. The van der Waals surface area contributed by atoms with Crippen molar-refractivity contribution < 1.29 is 22.6 Å². The first kappa shape index (κ1) is 21.3. The van der Waals surface area contributed by atoms with Crippen LogP contribution in [0.5, 0.6) is 5.75 Å². The highest BCUT2D eigenvalue weighted by molar-refractivity contribution is 5.79. The molecule has 1 aromatic rings. The number of hydrogen-bond donors (Lipinski definition) is 2. The van der Waals surface area contributed by atoms with E-state index in [1.807, 2.05) is 24.3 Å². The second-order valence-electron chi connectivity index (χ2n) is 6.13. The maximum absolute atomic E-state index is 12.2. The minimum Gasteiger partial charge on any atom is -0.492 e. The number of halogens is 3. The zero-order valence-electron chi connectivity index (χ0n) is 15.5. The van der Waals surface area contributed by atoms with Crippen molar-refractivity contribution in [2.45, 2.75) is 19.1 Å². The van der Waals surface area contributed by atoms with Crippen LogP contribution >= 0.6 is 0 Å². The molecular weight excluding hydrogens is 361 g/mol. The van der Waals surface area contributed by atoms with Gasteiger partial charge in [-0.05, 0) is 6.07 Å². The normalized spacial score (nSPS) is 16.2. The minimum absolute atomic E-state index is 0.221. The molecular formula is C18H27F3N4O2. The van der Waals surface area contributed by atoms with E-state index in [1.54, 1.807) is 0 Å². The van der Waals surface area contributed by atoms with Crippen LogP contribution in [0.3, 0.4) is 0 Å². The van der Waals surface area contributed by atoms with Gasteiger partial charge in [-0.25, -0.2) is 0 Å². The molecule has 1 aromatic carbocycles. The molecule has 152 valence electrons. The molecule has 27 heavy (non-hydrogen) atoms.